The van der Waals surface area contributed by atoms with Crippen molar-refractivity contribution in [3.8, 4) is 11.5 Å². The number of thiophene rings is 1. The maximum absolute atomic E-state index is 11.7. The summed E-state index contributed by atoms with van der Waals surface area (Å²) >= 11 is 4.66. The van der Waals surface area contributed by atoms with Gasteiger partial charge in [-0.05, 0) is 30.5 Å². The highest BCUT2D eigenvalue weighted by Crippen LogP contribution is 2.32. The summed E-state index contributed by atoms with van der Waals surface area (Å²) in [6.07, 6.45) is 1.37. The van der Waals surface area contributed by atoms with Gasteiger partial charge < -0.3 is 9.84 Å². The highest BCUT2D eigenvalue weighted by molar-refractivity contribution is 9.10. The molecule has 0 fully saturated rings. The zero-order chi connectivity index (χ0) is 15.2. The van der Waals surface area contributed by atoms with Crippen LogP contribution in [0.25, 0.3) is 0 Å². The highest BCUT2D eigenvalue weighted by Gasteiger charge is 2.09. The Morgan fingerprint density at radius 1 is 1.57 bits per heavy atom. The quantitative estimate of drug-likeness (QED) is 0.627. The number of nitrogens with one attached hydrogen (secondary N) is 1. The molecule has 0 aliphatic carbocycles. The molecule has 2 N–H and O–H groups in total. The van der Waals surface area contributed by atoms with Crippen LogP contribution in [0.5, 0.6) is 11.5 Å². The van der Waals surface area contributed by atoms with Gasteiger partial charge in [-0.25, -0.2) is 5.43 Å². The average molecular weight is 369 g/mol. The van der Waals surface area contributed by atoms with Gasteiger partial charge >= 0.3 is 0 Å². The molecule has 0 atom stereocenters. The number of hydrazone groups is 1. The number of aromatic hydroxyl groups is 1. The van der Waals surface area contributed by atoms with Crippen molar-refractivity contribution in [2.24, 2.45) is 5.10 Å². The Kier molecular flexibility index (Phi) is 5.35. The van der Waals surface area contributed by atoms with Crippen molar-refractivity contribution in [1.29, 1.82) is 0 Å². The zero-order valence-electron chi connectivity index (χ0n) is 11.2. The first-order valence-electron chi connectivity index (χ1n) is 6.14. The van der Waals surface area contributed by atoms with Gasteiger partial charge in [0.1, 0.15) is 0 Å². The van der Waals surface area contributed by atoms with E-state index in [0.717, 1.165) is 4.47 Å². The summed E-state index contributed by atoms with van der Waals surface area (Å²) in [5.74, 6) is 0.0489. The molecule has 0 bridgehead atoms. The third-order valence-corrected chi connectivity index (χ3v) is 3.81. The predicted octanol–water partition coefficient (Wildman–Crippen LogP) is 3.38. The third-order valence-electron chi connectivity index (χ3n) is 2.48. The minimum absolute atomic E-state index is 0.0193. The smallest absolute Gasteiger partial charge is 0.281 e. The highest BCUT2D eigenvalue weighted by atomic mass is 79.9. The Morgan fingerprint density at radius 3 is 3.05 bits per heavy atom. The van der Waals surface area contributed by atoms with E-state index >= 15 is 0 Å². The SMILES string of the molecule is CCOc1cc(Br)cc(/C=N/NC(=O)c2cccs2)c1O. The van der Waals surface area contributed by atoms with Crippen LogP contribution >= 0.6 is 27.3 Å². The number of phenolic OH excluding ortho intramolecular Hbond substituents is 1. The molecule has 1 aromatic heterocycles. The summed E-state index contributed by atoms with van der Waals surface area (Å²) in [4.78, 5) is 12.3. The molecule has 1 amide bonds. The molecule has 0 unspecified atom stereocenters. The predicted molar refractivity (Wildman–Crippen MR) is 86.4 cm³/mol. The van der Waals surface area contributed by atoms with Crippen LogP contribution in [-0.4, -0.2) is 23.8 Å². The molecule has 0 aliphatic rings. The summed E-state index contributed by atoms with van der Waals surface area (Å²) in [5, 5.41) is 15.7. The summed E-state index contributed by atoms with van der Waals surface area (Å²) in [6, 6.07) is 6.84. The molecule has 110 valence electrons. The Hall–Kier alpha value is -1.86. The Morgan fingerprint density at radius 2 is 2.38 bits per heavy atom. The lowest BCUT2D eigenvalue weighted by Gasteiger charge is -2.08. The fourth-order valence-electron chi connectivity index (χ4n) is 1.58. The number of halogens is 1. The first kappa shape index (κ1) is 15.5. The molecule has 0 aliphatic heterocycles. The number of ether oxygens (including phenoxy) is 1. The van der Waals surface area contributed by atoms with Gasteiger partial charge in [-0.1, -0.05) is 22.0 Å². The number of amides is 1. The second-order valence-corrected chi connectivity index (χ2v) is 5.81. The lowest BCUT2D eigenvalue weighted by molar-refractivity contribution is 0.0959. The molecular weight excluding hydrogens is 356 g/mol. The molecule has 5 nitrogen and oxygen atoms in total. The largest absolute Gasteiger partial charge is 0.504 e. The minimum Gasteiger partial charge on any atom is -0.504 e. The molecule has 1 heterocycles. The van der Waals surface area contributed by atoms with Crippen LogP contribution < -0.4 is 10.2 Å². The van der Waals surface area contributed by atoms with Gasteiger partial charge in [0.25, 0.3) is 5.91 Å². The number of phenols is 1. The Labute approximate surface area is 134 Å². The van der Waals surface area contributed by atoms with Crippen molar-refractivity contribution in [2.75, 3.05) is 6.61 Å². The molecule has 2 aromatic rings. The zero-order valence-corrected chi connectivity index (χ0v) is 13.6. The van der Waals surface area contributed by atoms with Gasteiger partial charge in [0.2, 0.25) is 0 Å². The summed E-state index contributed by atoms with van der Waals surface area (Å²) in [5.41, 5.74) is 2.85. The number of carbonyl (C=O) groups is 1. The number of rotatable bonds is 5. The van der Waals surface area contributed by atoms with Gasteiger partial charge in [-0.15, -0.1) is 11.3 Å². The lowest BCUT2D eigenvalue weighted by atomic mass is 10.2. The molecular formula is C14H13BrN2O3S. The summed E-state index contributed by atoms with van der Waals surface area (Å²) in [6.45, 7) is 2.27. The van der Waals surface area contributed by atoms with Gasteiger partial charge in [0, 0.05) is 10.0 Å². The Balaban J connectivity index is 2.12. The van der Waals surface area contributed by atoms with E-state index < -0.39 is 0 Å². The van der Waals surface area contributed by atoms with Crippen molar-refractivity contribution in [1.82, 2.24) is 5.43 Å². The van der Waals surface area contributed by atoms with Crippen LogP contribution in [0.15, 0.2) is 39.2 Å². The minimum atomic E-state index is -0.291. The number of benzene rings is 1. The van der Waals surface area contributed by atoms with E-state index in [4.69, 9.17) is 4.74 Å². The molecule has 0 saturated carbocycles. The standard InChI is InChI=1S/C14H13BrN2O3S/c1-2-20-11-7-10(15)6-9(13(11)18)8-16-17-14(19)12-4-3-5-21-12/h3-8,18H,2H2,1H3,(H,17,19)/b16-8+. The average Bonchev–Trinajstić information content (AvgIpc) is 2.98. The van der Waals surface area contributed by atoms with Crippen molar-refractivity contribution >= 4 is 39.4 Å². The van der Waals surface area contributed by atoms with Crippen LogP contribution in [0.3, 0.4) is 0 Å². The maximum atomic E-state index is 11.7. The molecule has 0 saturated heterocycles. The van der Waals surface area contributed by atoms with Gasteiger partial charge in [-0.3, -0.25) is 4.79 Å². The lowest BCUT2D eigenvalue weighted by Crippen LogP contribution is -2.16. The molecule has 0 spiro atoms. The van der Waals surface area contributed by atoms with E-state index in [9.17, 15) is 9.90 Å². The topological polar surface area (TPSA) is 70.9 Å². The second kappa shape index (κ2) is 7.24. The van der Waals surface area contributed by atoms with Gasteiger partial charge in [0.05, 0.1) is 17.7 Å². The first-order chi connectivity index (χ1) is 10.1. The van der Waals surface area contributed by atoms with E-state index in [1.54, 1.807) is 24.3 Å². The number of nitrogens with zero attached hydrogens (tertiary/aromatic N) is 1. The fraction of sp³-hybridized carbons (Fsp3) is 0.143. The van der Waals surface area contributed by atoms with E-state index in [-0.39, 0.29) is 11.7 Å². The van der Waals surface area contributed by atoms with Gasteiger partial charge in [-0.2, -0.15) is 5.10 Å². The molecule has 7 heteroatoms. The number of carbonyl (C=O) groups excluding carboxylic acids is 1. The van der Waals surface area contributed by atoms with E-state index in [1.807, 2.05) is 12.3 Å². The first-order valence-corrected chi connectivity index (χ1v) is 7.81. The number of hydrogen-bond acceptors (Lipinski definition) is 5. The van der Waals surface area contributed by atoms with Crippen molar-refractivity contribution < 1.29 is 14.6 Å². The third kappa shape index (κ3) is 4.05. The second-order valence-electron chi connectivity index (χ2n) is 3.95. The van der Waals surface area contributed by atoms with Crippen molar-refractivity contribution in [2.45, 2.75) is 6.92 Å². The van der Waals surface area contributed by atoms with Crippen LogP contribution in [0.1, 0.15) is 22.2 Å². The van der Waals surface area contributed by atoms with Crippen molar-refractivity contribution in [3.05, 3.63) is 44.6 Å². The monoisotopic (exact) mass is 368 g/mol. The van der Waals surface area contributed by atoms with Crippen molar-refractivity contribution in [3.63, 3.8) is 0 Å². The molecule has 2 rings (SSSR count). The number of hydrogen-bond donors (Lipinski definition) is 2. The van der Waals surface area contributed by atoms with E-state index in [1.165, 1.54) is 17.6 Å². The van der Waals surface area contributed by atoms with Crippen LogP contribution in [0.4, 0.5) is 0 Å². The van der Waals surface area contributed by atoms with E-state index in [2.05, 4.69) is 26.5 Å². The van der Waals surface area contributed by atoms with Crippen LogP contribution in [-0.2, 0) is 0 Å². The van der Waals surface area contributed by atoms with Crippen LogP contribution in [0.2, 0.25) is 0 Å². The van der Waals surface area contributed by atoms with Crippen LogP contribution in [0, 0.1) is 0 Å². The Bertz CT molecular complexity index is 656. The molecule has 21 heavy (non-hydrogen) atoms. The molecule has 1 aromatic carbocycles. The van der Waals surface area contributed by atoms with E-state index in [0.29, 0.717) is 22.8 Å². The van der Waals surface area contributed by atoms with Gasteiger partial charge in [0.15, 0.2) is 11.5 Å². The maximum Gasteiger partial charge on any atom is 0.281 e. The summed E-state index contributed by atoms with van der Waals surface area (Å²) < 4.78 is 6.06. The molecule has 0 radical (unpaired) electrons. The fourth-order valence-corrected chi connectivity index (χ4v) is 2.65. The summed E-state index contributed by atoms with van der Waals surface area (Å²) in [7, 11) is 0. The normalized spacial score (nSPS) is 10.8.